The number of nitrogens with zero attached hydrogens (tertiary/aromatic N) is 3. The van der Waals surface area contributed by atoms with Crippen LogP contribution in [0.4, 0.5) is 0 Å². The lowest BCUT2D eigenvalue weighted by Gasteiger charge is -2.31. The van der Waals surface area contributed by atoms with E-state index in [-0.39, 0.29) is 0 Å². The molecule has 5 nitrogen and oxygen atoms in total. The van der Waals surface area contributed by atoms with Gasteiger partial charge in [0.1, 0.15) is 0 Å². The average Bonchev–Trinajstić information content (AvgIpc) is 2.76. The lowest BCUT2D eigenvalue weighted by molar-refractivity contribution is -0.138. The van der Waals surface area contributed by atoms with Crippen molar-refractivity contribution in [1.29, 1.82) is 0 Å². The van der Waals surface area contributed by atoms with E-state index in [0.717, 1.165) is 39.0 Å². The first-order valence-electron chi connectivity index (χ1n) is 6.63. The zero-order chi connectivity index (χ0) is 13.0. The number of piperidine rings is 1. The summed E-state index contributed by atoms with van der Waals surface area (Å²) in [6, 6.07) is 0. The summed E-state index contributed by atoms with van der Waals surface area (Å²) in [7, 11) is 0. The molecule has 0 aliphatic carbocycles. The van der Waals surface area contributed by atoms with Crippen molar-refractivity contribution in [2.24, 2.45) is 5.92 Å². The number of likely N-dealkylation sites (tertiary alicyclic amines) is 1. The molecule has 0 radical (unpaired) electrons. The van der Waals surface area contributed by atoms with Crippen LogP contribution in [0.25, 0.3) is 0 Å². The first kappa shape index (κ1) is 13.1. The quantitative estimate of drug-likeness (QED) is 0.863. The van der Waals surface area contributed by atoms with Crippen LogP contribution >= 0.6 is 0 Å². The van der Waals surface area contributed by atoms with E-state index in [9.17, 15) is 4.79 Å². The first-order valence-corrected chi connectivity index (χ1v) is 6.63. The minimum Gasteiger partial charge on any atom is -0.481 e. The monoisotopic (exact) mass is 251 g/mol. The Morgan fingerprint density at radius 2 is 2.44 bits per heavy atom. The van der Waals surface area contributed by atoms with Crippen LogP contribution < -0.4 is 0 Å². The molecule has 0 amide bonds. The van der Waals surface area contributed by atoms with Gasteiger partial charge in [-0.3, -0.25) is 14.4 Å². The summed E-state index contributed by atoms with van der Waals surface area (Å²) in [5.74, 6) is -0.377. The number of aromatic nitrogens is 2. The Kier molecular flexibility index (Phi) is 4.36. The van der Waals surface area contributed by atoms with Crippen LogP contribution in [0, 0.1) is 5.92 Å². The molecule has 0 spiro atoms. The number of aliphatic carboxylic acids is 1. The summed E-state index contributed by atoms with van der Waals surface area (Å²) in [5.41, 5.74) is 1.22. The summed E-state index contributed by atoms with van der Waals surface area (Å²) >= 11 is 0. The predicted molar refractivity (Wildman–Crippen MR) is 68.2 cm³/mol. The molecule has 1 saturated heterocycles. The van der Waals surface area contributed by atoms with Gasteiger partial charge in [-0.25, -0.2) is 0 Å². The van der Waals surface area contributed by atoms with Crippen LogP contribution in [0.5, 0.6) is 0 Å². The number of rotatable bonds is 5. The molecule has 1 atom stereocenters. The largest absolute Gasteiger partial charge is 0.481 e. The van der Waals surface area contributed by atoms with Crippen LogP contribution in [0.15, 0.2) is 12.4 Å². The first-order chi connectivity index (χ1) is 8.67. The molecule has 0 saturated carbocycles. The van der Waals surface area contributed by atoms with Crippen LogP contribution in [-0.2, 0) is 17.9 Å². The van der Waals surface area contributed by atoms with Crippen molar-refractivity contribution in [3.63, 3.8) is 0 Å². The summed E-state index contributed by atoms with van der Waals surface area (Å²) in [5, 5.41) is 13.1. The molecule has 100 valence electrons. The molecule has 1 unspecified atom stereocenters. The highest BCUT2D eigenvalue weighted by Crippen LogP contribution is 2.21. The fraction of sp³-hybridized carbons (Fsp3) is 0.692. The fourth-order valence-corrected chi connectivity index (χ4v) is 2.63. The van der Waals surface area contributed by atoms with Crippen molar-refractivity contribution in [2.45, 2.75) is 39.3 Å². The molecule has 0 aromatic carbocycles. The Morgan fingerprint density at radius 1 is 1.61 bits per heavy atom. The maximum atomic E-state index is 10.7. The molecule has 0 bridgehead atoms. The Morgan fingerprint density at radius 3 is 3.11 bits per heavy atom. The fourth-order valence-electron chi connectivity index (χ4n) is 2.63. The normalized spacial score (nSPS) is 21.1. The Labute approximate surface area is 107 Å². The molecule has 2 heterocycles. The summed E-state index contributed by atoms with van der Waals surface area (Å²) in [6.45, 7) is 5.80. The van der Waals surface area contributed by atoms with Gasteiger partial charge in [-0.15, -0.1) is 0 Å². The van der Waals surface area contributed by atoms with E-state index >= 15 is 0 Å². The molecular weight excluding hydrogens is 230 g/mol. The van der Waals surface area contributed by atoms with Gasteiger partial charge in [-0.1, -0.05) is 0 Å². The molecule has 18 heavy (non-hydrogen) atoms. The van der Waals surface area contributed by atoms with E-state index < -0.39 is 5.97 Å². The molecular formula is C13H21N3O2. The number of hydrogen-bond donors (Lipinski definition) is 1. The molecule has 2 rings (SSSR count). The highest BCUT2D eigenvalue weighted by atomic mass is 16.4. The predicted octanol–water partition coefficient (Wildman–Crippen LogP) is 1.59. The Hall–Kier alpha value is -1.36. The average molecular weight is 251 g/mol. The van der Waals surface area contributed by atoms with Crippen molar-refractivity contribution < 1.29 is 9.90 Å². The van der Waals surface area contributed by atoms with Gasteiger partial charge in [-0.05, 0) is 32.2 Å². The lowest BCUT2D eigenvalue weighted by Crippen LogP contribution is -2.35. The van der Waals surface area contributed by atoms with E-state index in [1.54, 1.807) is 0 Å². The molecule has 1 aromatic rings. The van der Waals surface area contributed by atoms with Crippen molar-refractivity contribution in [3.05, 3.63) is 18.0 Å². The van der Waals surface area contributed by atoms with Gasteiger partial charge in [0, 0.05) is 37.8 Å². The van der Waals surface area contributed by atoms with E-state index in [1.165, 1.54) is 5.56 Å². The van der Waals surface area contributed by atoms with Gasteiger partial charge in [-0.2, -0.15) is 5.10 Å². The van der Waals surface area contributed by atoms with E-state index in [2.05, 4.69) is 23.1 Å². The third-order valence-electron chi connectivity index (χ3n) is 3.48. The summed E-state index contributed by atoms with van der Waals surface area (Å²) in [6.07, 6.45) is 6.41. The zero-order valence-electron chi connectivity index (χ0n) is 10.9. The van der Waals surface area contributed by atoms with Crippen molar-refractivity contribution in [2.75, 3.05) is 13.1 Å². The third-order valence-corrected chi connectivity index (χ3v) is 3.48. The number of hydrogen-bond acceptors (Lipinski definition) is 3. The Bertz CT molecular complexity index is 403. The highest BCUT2D eigenvalue weighted by molar-refractivity contribution is 5.67. The van der Waals surface area contributed by atoms with Crippen LogP contribution in [0.3, 0.4) is 0 Å². The second-order valence-electron chi connectivity index (χ2n) is 5.05. The highest BCUT2D eigenvalue weighted by Gasteiger charge is 2.22. The molecule has 1 fully saturated rings. The minimum absolute atomic E-state index is 0.296. The smallest absolute Gasteiger partial charge is 0.303 e. The van der Waals surface area contributed by atoms with Gasteiger partial charge in [0.2, 0.25) is 0 Å². The van der Waals surface area contributed by atoms with Gasteiger partial charge < -0.3 is 5.11 Å². The van der Waals surface area contributed by atoms with Crippen molar-refractivity contribution in [3.8, 4) is 0 Å². The molecule has 1 N–H and O–H groups in total. The van der Waals surface area contributed by atoms with Gasteiger partial charge in [0.05, 0.1) is 6.20 Å². The number of carboxylic acids is 1. The maximum absolute atomic E-state index is 10.7. The van der Waals surface area contributed by atoms with Gasteiger partial charge in [0.25, 0.3) is 0 Å². The molecule has 1 aliphatic heterocycles. The molecule has 5 heteroatoms. The lowest BCUT2D eigenvalue weighted by atomic mass is 9.95. The van der Waals surface area contributed by atoms with Crippen molar-refractivity contribution >= 4 is 5.97 Å². The SMILES string of the molecule is CCn1cc(CN2CCCC(CC(=O)O)C2)cn1. The summed E-state index contributed by atoms with van der Waals surface area (Å²) in [4.78, 5) is 13.1. The second kappa shape index (κ2) is 6.00. The Balaban J connectivity index is 1.87. The van der Waals surface area contributed by atoms with Crippen LogP contribution in [0.2, 0.25) is 0 Å². The molecule has 1 aliphatic rings. The van der Waals surface area contributed by atoms with Gasteiger partial charge >= 0.3 is 5.97 Å². The number of carbonyl (C=O) groups is 1. The van der Waals surface area contributed by atoms with Crippen LogP contribution in [0.1, 0.15) is 31.7 Å². The maximum Gasteiger partial charge on any atom is 0.303 e. The minimum atomic E-state index is -0.680. The number of carboxylic acid groups (broad SMARTS) is 1. The second-order valence-corrected chi connectivity index (χ2v) is 5.05. The van der Waals surface area contributed by atoms with E-state index in [1.807, 2.05) is 10.9 Å². The number of aryl methyl sites for hydroxylation is 1. The third kappa shape index (κ3) is 3.57. The van der Waals surface area contributed by atoms with Crippen LogP contribution in [-0.4, -0.2) is 38.8 Å². The zero-order valence-corrected chi connectivity index (χ0v) is 10.9. The van der Waals surface area contributed by atoms with Crippen molar-refractivity contribution in [1.82, 2.24) is 14.7 Å². The summed E-state index contributed by atoms with van der Waals surface area (Å²) < 4.78 is 1.92. The molecule has 1 aromatic heterocycles. The topological polar surface area (TPSA) is 58.4 Å². The van der Waals surface area contributed by atoms with E-state index in [0.29, 0.717) is 12.3 Å². The van der Waals surface area contributed by atoms with E-state index in [4.69, 9.17) is 5.11 Å². The van der Waals surface area contributed by atoms with Gasteiger partial charge in [0.15, 0.2) is 0 Å². The standard InChI is InChI=1S/C13H21N3O2/c1-2-16-10-12(7-14-16)9-15-5-3-4-11(8-15)6-13(17)18/h7,10-11H,2-6,8-9H2,1H3,(H,17,18).